The molecule has 3 aromatic heterocycles. The van der Waals surface area contributed by atoms with E-state index < -0.39 is 0 Å². The van der Waals surface area contributed by atoms with Crippen molar-refractivity contribution < 1.29 is 0 Å². The summed E-state index contributed by atoms with van der Waals surface area (Å²) in [5, 5.41) is 13.1. The molecule has 4 aromatic rings. The van der Waals surface area contributed by atoms with E-state index in [-0.39, 0.29) is 0 Å². The Bertz CT molecular complexity index is 978. The molecule has 4 rings (SSSR count). The quantitative estimate of drug-likeness (QED) is 0.387. The van der Waals surface area contributed by atoms with Crippen LogP contribution in [0.2, 0.25) is 0 Å². The predicted molar refractivity (Wildman–Crippen MR) is 96.4 cm³/mol. The van der Waals surface area contributed by atoms with Gasteiger partial charge in [-0.3, -0.25) is 0 Å². The van der Waals surface area contributed by atoms with Gasteiger partial charge >= 0.3 is 0 Å². The Labute approximate surface area is 134 Å². The van der Waals surface area contributed by atoms with Crippen LogP contribution in [-0.2, 0) is 0 Å². The number of benzene rings is 1. The minimum absolute atomic E-state index is 0.937. The number of terminal acetylenes is 3. The van der Waals surface area contributed by atoms with Crippen LogP contribution in [0.4, 0.5) is 0 Å². The van der Waals surface area contributed by atoms with E-state index >= 15 is 0 Å². The smallest absolute Gasteiger partial charge is 0.0851 e. The largest absolute Gasteiger partial charge is 0.134 e. The Balaban J connectivity index is 2.47. The number of hydrogen-bond donors (Lipinski definition) is 0. The van der Waals surface area contributed by atoms with Gasteiger partial charge in [-0.25, -0.2) is 0 Å². The first-order valence-electron chi connectivity index (χ1n) is 6.05. The Hall–Kier alpha value is -2.22. The van der Waals surface area contributed by atoms with Gasteiger partial charge in [0.15, 0.2) is 0 Å². The van der Waals surface area contributed by atoms with Gasteiger partial charge in [0.05, 0.1) is 14.6 Å². The van der Waals surface area contributed by atoms with Crippen LogP contribution in [0.5, 0.6) is 0 Å². The minimum Gasteiger partial charge on any atom is -0.134 e. The van der Waals surface area contributed by atoms with Gasteiger partial charge in [-0.2, -0.15) is 0 Å². The average Bonchev–Trinajstić information content (AvgIpc) is 3.20. The molecule has 0 aliphatic heterocycles. The molecule has 1 aromatic carbocycles. The van der Waals surface area contributed by atoms with E-state index in [0.29, 0.717) is 0 Å². The van der Waals surface area contributed by atoms with Crippen molar-refractivity contribution in [2.75, 3.05) is 0 Å². The maximum atomic E-state index is 5.67. The standard InChI is InChI=1S/C18H6S3/c1-4-13-16-10(7-19-13)17-12(9-21-14(17)5-2)18-11(16)8-20-15(18)6-3/h1-3,7-9H. The van der Waals surface area contributed by atoms with Crippen LogP contribution in [0.15, 0.2) is 16.1 Å². The molecule has 0 bridgehead atoms. The van der Waals surface area contributed by atoms with Crippen LogP contribution >= 0.6 is 34.0 Å². The van der Waals surface area contributed by atoms with Crippen molar-refractivity contribution in [2.45, 2.75) is 0 Å². The monoisotopic (exact) mass is 318 g/mol. The van der Waals surface area contributed by atoms with Gasteiger partial charge in [-0.15, -0.1) is 53.3 Å². The molecule has 21 heavy (non-hydrogen) atoms. The lowest BCUT2D eigenvalue weighted by molar-refractivity contribution is 2.05. The second-order valence-electron chi connectivity index (χ2n) is 4.49. The molecule has 3 heterocycles. The van der Waals surface area contributed by atoms with Crippen molar-refractivity contribution in [3.8, 4) is 37.0 Å². The minimum atomic E-state index is 0.937. The summed E-state index contributed by atoms with van der Waals surface area (Å²) in [6.45, 7) is 0. The maximum Gasteiger partial charge on any atom is 0.0851 e. The zero-order chi connectivity index (χ0) is 14.6. The fourth-order valence-corrected chi connectivity index (χ4v) is 5.38. The summed E-state index contributed by atoms with van der Waals surface area (Å²) in [6, 6.07) is 0. The molecule has 0 fully saturated rings. The van der Waals surface area contributed by atoms with Crippen LogP contribution in [0.25, 0.3) is 32.3 Å². The fraction of sp³-hybridized carbons (Fsp3) is 0. The molecular weight excluding hydrogens is 312 g/mol. The summed E-state index contributed by atoms with van der Waals surface area (Å²) < 4.78 is 0. The van der Waals surface area contributed by atoms with Gasteiger partial charge in [0.25, 0.3) is 0 Å². The fourth-order valence-electron chi connectivity index (χ4n) is 2.75. The van der Waals surface area contributed by atoms with Gasteiger partial charge in [0, 0.05) is 48.5 Å². The second-order valence-corrected chi connectivity index (χ2v) is 7.13. The zero-order valence-electron chi connectivity index (χ0n) is 10.7. The molecule has 3 heteroatoms. The number of hydrogen-bond acceptors (Lipinski definition) is 3. The van der Waals surface area contributed by atoms with Gasteiger partial charge in [0.1, 0.15) is 0 Å². The van der Waals surface area contributed by atoms with Crippen LogP contribution in [-0.4, -0.2) is 0 Å². The zero-order valence-corrected chi connectivity index (χ0v) is 13.1. The molecule has 96 valence electrons. The highest BCUT2D eigenvalue weighted by molar-refractivity contribution is 7.15. The molecule has 0 aliphatic rings. The van der Waals surface area contributed by atoms with Gasteiger partial charge in [0.2, 0.25) is 0 Å². The molecular formula is C18H6S3. The van der Waals surface area contributed by atoms with Gasteiger partial charge in [-0.1, -0.05) is 17.8 Å². The van der Waals surface area contributed by atoms with Crippen molar-refractivity contribution in [2.24, 2.45) is 0 Å². The molecule has 0 N–H and O–H groups in total. The summed E-state index contributed by atoms with van der Waals surface area (Å²) >= 11 is 4.75. The number of thiophene rings is 3. The SMILES string of the molecule is C#Cc1scc2c1c1csc(C#C)c1c1csc(C#C)c21. The van der Waals surface area contributed by atoms with Crippen molar-refractivity contribution >= 4 is 66.3 Å². The molecule has 0 nitrogen and oxygen atoms in total. The molecule has 0 unspecified atom stereocenters. The summed E-state index contributed by atoms with van der Waals surface area (Å²) in [5.41, 5.74) is 0. The lowest BCUT2D eigenvalue weighted by atomic mass is 9.99. The van der Waals surface area contributed by atoms with Crippen molar-refractivity contribution in [1.82, 2.24) is 0 Å². The van der Waals surface area contributed by atoms with Crippen molar-refractivity contribution in [3.05, 3.63) is 30.8 Å². The summed E-state index contributed by atoms with van der Waals surface area (Å²) in [5.74, 6) is 8.36. The molecule has 0 aliphatic carbocycles. The Morgan fingerprint density at radius 1 is 0.571 bits per heavy atom. The van der Waals surface area contributed by atoms with Gasteiger partial charge < -0.3 is 0 Å². The first-order valence-corrected chi connectivity index (χ1v) is 8.69. The van der Waals surface area contributed by atoms with Crippen LogP contribution < -0.4 is 0 Å². The third kappa shape index (κ3) is 1.48. The third-order valence-corrected chi connectivity index (χ3v) is 6.31. The molecule has 0 radical (unpaired) electrons. The van der Waals surface area contributed by atoms with E-state index in [1.165, 1.54) is 0 Å². The molecule has 0 amide bonds. The second kappa shape index (κ2) is 4.39. The molecule has 0 spiro atoms. The lowest BCUT2D eigenvalue weighted by Gasteiger charge is -2.01. The predicted octanol–water partition coefficient (Wildman–Crippen LogP) is 5.27. The molecule has 0 saturated heterocycles. The Morgan fingerprint density at radius 3 is 1.10 bits per heavy atom. The molecule has 0 atom stereocenters. The first-order chi connectivity index (χ1) is 10.3. The summed E-state index contributed by atoms with van der Waals surface area (Å²) in [4.78, 5) is 2.81. The van der Waals surface area contributed by atoms with Crippen LogP contribution in [0, 0.1) is 37.0 Å². The Kier molecular flexibility index (Phi) is 2.61. The van der Waals surface area contributed by atoms with E-state index in [4.69, 9.17) is 19.3 Å². The normalized spacial score (nSPS) is 10.7. The molecule has 0 saturated carbocycles. The first kappa shape index (κ1) is 12.5. The highest BCUT2D eigenvalue weighted by atomic mass is 32.1. The van der Waals surface area contributed by atoms with E-state index in [2.05, 4.69) is 33.9 Å². The maximum absolute atomic E-state index is 5.67. The van der Waals surface area contributed by atoms with Crippen LogP contribution in [0.3, 0.4) is 0 Å². The lowest BCUT2D eigenvalue weighted by Crippen LogP contribution is -1.78. The summed E-state index contributed by atoms with van der Waals surface area (Å²) in [7, 11) is 0. The number of fused-ring (bicyclic) bond motifs is 6. The summed E-state index contributed by atoms with van der Waals surface area (Å²) in [6.07, 6.45) is 17.0. The highest BCUT2D eigenvalue weighted by Crippen LogP contribution is 2.45. The van der Waals surface area contributed by atoms with E-state index in [9.17, 15) is 0 Å². The topological polar surface area (TPSA) is 0 Å². The third-order valence-electron chi connectivity index (χ3n) is 3.57. The van der Waals surface area contributed by atoms with E-state index in [1.54, 1.807) is 34.0 Å². The van der Waals surface area contributed by atoms with E-state index in [0.717, 1.165) is 46.9 Å². The van der Waals surface area contributed by atoms with Crippen molar-refractivity contribution in [3.63, 3.8) is 0 Å². The highest BCUT2D eigenvalue weighted by Gasteiger charge is 2.18. The van der Waals surface area contributed by atoms with E-state index in [1.807, 2.05) is 0 Å². The van der Waals surface area contributed by atoms with Gasteiger partial charge in [-0.05, 0) is 0 Å². The average molecular weight is 318 g/mol. The number of rotatable bonds is 0. The Morgan fingerprint density at radius 2 is 0.857 bits per heavy atom. The van der Waals surface area contributed by atoms with Crippen LogP contribution in [0.1, 0.15) is 14.6 Å². The van der Waals surface area contributed by atoms with Crippen molar-refractivity contribution in [1.29, 1.82) is 0 Å².